The van der Waals surface area contributed by atoms with E-state index in [0.29, 0.717) is 23.5 Å². The topological polar surface area (TPSA) is 100 Å². The Labute approximate surface area is 197 Å². The van der Waals surface area contributed by atoms with E-state index in [4.69, 9.17) is 5.73 Å². The molecule has 2 amide bonds. The fourth-order valence-corrected chi connectivity index (χ4v) is 4.03. The van der Waals surface area contributed by atoms with Crippen LogP contribution in [0.5, 0.6) is 0 Å². The number of para-hydroxylation sites is 3. The van der Waals surface area contributed by atoms with Crippen molar-refractivity contribution in [3.8, 4) is 0 Å². The Hall–Kier alpha value is -4.49. The second-order valence-electron chi connectivity index (χ2n) is 7.94. The summed E-state index contributed by atoms with van der Waals surface area (Å²) in [5, 5.41) is 6.21. The number of nitrogens with one attached hydrogen (secondary N) is 2. The Kier molecular flexibility index (Phi) is 5.76. The Bertz CT molecular complexity index is 1370. The normalized spacial score (nSPS) is 12.1. The number of hydrogen-bond donors (Lipinski definition) is 3. The standard InChI is InChI=1S/C27H23N5O2/c28-15-18-7-1-3-9-21(18)26(33)31-25-14-13-19(16-29-25)27(34)32-17-20-8-2-4-10-22(20)30-23-11-5-6-12-24(23)32/h1-14,16,30H,15,17,28H2,(H,29,31,33). The zero-order valence-corrected chi connectivity index (χ0v) is 18.4. The van der Waals surface area contributed by atoms with Crippen LogP contribution < -0.4 is 21.3 Å². The van der Waals surface area contributed by atoms with E-state index in [1.807, 2.05) is 60.7 Å². The van der Waals surface area contributed by atoms with E-state index in [2.05, 4.69) is 15.6 Å². The molecule has 5 rings (SSSR count). The third-order valence-corrected chi connectivity index (χ3v) is 5.79. The summed E-state index contributed by atoms with van der Waals surface area (Å²) in [7, 11) is 0. The van der Waals surface area contributed by atoms with Crippen LogP contribution >= 0.6 is 0 Å². The highest BCUT2D eigenvalue weighted by Gasteiger charge is 2.25. The van der Waals surface area contributed by atoms with Crippen molar-refractivity contribution in [3.05, 3.63) is 113 Å². The first kappa shape index (κ1) is 21.4. The van der Waals surface area contributed by atoms with E-state index >= 15 is 0 Å². The number of carbonyl (C=O) groups is 2. The largest absolute Gasteiger partial charge is 0.354 e. The van der Waals surface area contributed by atoms with Gasteiger partial charge >= 0.3 is 0 Å². The predicted molar refractivity (Wildman–Crippen MR) is 133 cm³/mol. The molecule has 168 valence electrons. The first-order chi connectivity index (χ1) is 16.6. The molecule has 4 N–H and O–H groups in total. The zero-order chi connectivity index (χ0) is 23.5. The molecule has 7 heteroatoms. The van der Waals surface area contributed by atoms with Gasteiger partial charge in [0.05, 0.1) is 23.5 Å². The van der Waals surface area contributed by atoms with Crippen molar-refractivity contribution in [1.29, 1.82) is 0 Å². The fourth-order valence-electron chi connectivity index (χ4n) is 4.03. The van der Waals surface area contributed by atoms with Crippen molar-refractivity contribution < 1.29 is 9.59 Å². The molecule has 0 aliphatic carbocycles. The zero-order valence-electron chi connectivity index (χ0n) is 18.4. The molecule has 1 aromatic heterocycles. The number of pyridine rings is 1. The van der Waals surface area contributed by atoms with E-state index in [9.17, 15) is 9.59 Å². The minimum absolute atomic E-state index is 0.176. The van der Waals surface area contributed by atoms with Crippen LogP contribution in [0.3, 0.4) is 0 Å². The van der Waals surface area contributed by atoms with Gasteiger partial charge in [-0.1, -0.05) is 48.5 Å². The van der Waals surface area contributed by atoms with Crippen LogP contribution in [0.4, 0.5) is 22.9 Å². The van der Waals surface area contributed by atoms with Gasteiger partial charge in [-0.2, -0.15) is 0 Å². The maximum absolute atomic E-state index is 13.5. The summed E-state index contributed by atoms with van der Waals surface area (Å²) in [6, 6.07) is 26.1. The number of nitrogens with zero attached hydrogens (tertiary/aromatic N) is 2. The van der Waals surface area contributed by atoms with Gasteiger partial charge in [0.25, 0.3) is 11.8 Å². The van der Waals surface area contributed by atoms with Gasteiger partial charge in [0, 0.05) is 24.0 Å². The van der Waals surface area contributed by atoms with Gasteiger partial charge < -0.3 is 21.3 Å². The summed E-state index contributed by atoms with van der Waals surface area (Å²) in [6.45, 7) is 0.688. The number of nitrogens with two attached hydrogens (primary N) is 1. The smallest absolute Gasteiger partial charge is 0.260 e. The van der Waals surface area contributed by atoms with E-state index in [1.165, 1.54) is 6.20 Å². The number of carbonyl (C=O) groups excluding carboxylic acids is 2. The predicted octanol–water partition coefficient (Wildman–Crippen LogP) is 4.70. The van der Waals surface area contributed by atoms with Crippen LogP contribution in [0.15, 0.2) is 91.1 Å². The molecule has 0 unspecified atom stereocenters. The summed E-state index contributed by atoms with van der Waals surface area (Å²) < 4.78 is 0. The number of fused-ring (bicyclic) bond motifs is 2. The van der Waals surface area contributed by atoms with E-state index in [-0.39, 0.29) is 18.4 Å². The SMILES string of the molecule is NCc1ccccc1C(=O)Nc1ccc(C(=O)N2Cc3ccccc3Nc3ccccc32)cn1. The first-order valence-electron chi connectivity index (χ1n) is 11.0. The summed E-state index contributed by atoms with van der Waals surface area (Å²) >= 11 is 0. The van der Waals surface area contributed by atoms with Crippen LogP contribution in [0.25, 0.3) is 0 Å². The number of hydrogen-bond acceptors (Lipinski definition) is 5. The summed E-state index contributed by atoms with van der Waals surface area (Å²) in [5.41, 5.74) is 11.1. The number of aromatic nitrogens is 1. The molecule has 34 heavy (non-hydrogen) atoms. The first-order valence-corrected chi connectivity index (χ1v) is 11.0. The van der Waals surface area contributed by atoms with Gasteiger partial charge in [0.1, 0.15) is 5.82 Å². The second-order valence-corrected chi connectivity index (χ2v) is 7.94. The number of rotatable bonds is 4. The van der Waals surface area contributed by atoms with Crippen molar-refractivity contribution in [2.75, 3.05) is 15.5 Å². The van der Waals surface area contributed by atoms with Crippen molar-refractivity contribution in [1.82, 2.24) is 4.98 Å². The molecule has 1 aliphatic rings. The molecule has 0 radical (unpaired) electrons. The lowest BCUT2D eigenvalue weighted by Crippen LogP contribution is -2.30. The van der Waals surface area contributed by atoms with Crippen molar-refractivity contribution in [2.45, 2.75) is 13.1 Å². The summed E-state index contributed by atoms with van der Waals surface area (Å²) in [5.74, 6) is -0.113. The fraction of sp³-hybridized carbons (Fsp3) is 0.0741. The molecule has 2 heterocycles. The molecular weight excluding hydrogens is 426 g/mol. The van der Waals surface area contributed by atoms with Gasteiger partial charge in [-0.15, -0.1) is 0 Å². The monoisotopic (exact) mass is 449 g/mol. The average molecular weight is 450 g/mol. The Morgan fingerprint density at radius 3 is 2.44 bits per heavy atom. The number of benzene rings is 3. The quantitative estimate of drug-likeness (QED) is 0.419. The lowest BCUT2D eigenvalue weighted by atomic mass is 10.1. The lowest BCUT2D eigenvalue weighted by Gasteiger charge is -2.22. The van der Waals surface area contributed by atoms with Gasteiger partial charge in [-0.25, -0.2) is 4.98 Å². The van der Waals surface area contributed by atoms with E-state index in [1.54, 1.807) is 29.2 Å². The molecule has 0 saturated carbocycles. The van der Waals surface area contributed by atoms with Crippen LogP contribution in [0, 0.1) is 0 Å². The second kappa shape index (κ2) is 9.17. The Balaban J connectivity index is 1.39. The van der Waals surface area contributed by atoms with Crippen molar-refractivity contribution in [3.63, 3.8) is 0 Å². The molecule has 0 spiro atoms. The molecule has 7 nitrogen and oxygen atoms in total. The van der Waals surface area contributed by atoms with E-state index in [0.717, 1.165) is 28.2 Å². The highest BCUT2D eigenvalue weighted by molar-refractivity contribution is 6.09. The highest BCUT2D eigenvalue weighted by Crippen LogP contribution is 2.36. The van der Waals surface area contributed by atoms with Gasteiger partial charge in [-0.3, -0.25) is 9.59 Å². The Morgan fingerprint density at radius 2 is 1.65 bits per heavy atom. The van der Waals surface area contributed by atoms with Crippen LogP contribution in [-0.4, -0.2) is 16.8 Å². The minimum Gasteiger partial charge on any atom is -0.354 e. The van der Waals surface area contributed by atoms with Crippen LogP contribution in [0.2, 0.25) is 0 Å². The summed E-state index contributed by atoms with van der Waals surface area (Å²) in [6.07, 6.45) is 1.49. The third kappa shape index (κ3) is 4.12. The number of anilines is 4. The van der Waals surface area contributed by atoms with Gasteiger partial charge in [0.2, 0.25) is 0 Å². The number of amides is 2. The minimum atomic E-state index is -0.295. The maximum atomic E-state index is 13.5. The average Bonchev–Trinajstić information content (AvgIpc) is 3.05. The van der Waals surface area contributed by atoms with Crippen LogP contribution in [0.1, 0.15) is 31.8 Å². The molecule has 0 bridgehead atoms. The molecule has 3 aromatic carbocycles. The van der Waals surface area contributed by atoms with Crippen LogP contribution in [-0.2, 0) is 13.1 Å². The Morgan fingerprint density at radius 1 is 0.912 bits per heavy atom. The summed E-state index contributed by atoms with van der Waals surface area (Å²) in [4.78, 5) is 32.2. The van der Waals surface area contributed by atoms with Crippen molar-refractivity contribution >= 4 is 34.7 Å². The molecule has 0 atom stereocenters. The third-order valence-electron chi connectivity index (χ3n) is 5.79. The maximum Gasteiger partial charge on any atom is 0.260 e. The molecule has 0 fully saturated rings. The molecule has 0 saturated heterocycles. The lowest BCUT2D eigenvalue weighted by molar-refractivity contribution is 0.0984. The van der Waals surface area contributed by atoms with Gasteiger partial charge in [-0.05, 0) is 47.5 Å². The van der Waals surface area contributed by atoms with Crippen molar-refractivity contribution in [2.24, 2.45) is 5.73 Å². The molecular formula is C27H23N5O2. The van der Waals surface area contributed by atoms with E-state index < -0.39 is 0 Å². The molecule has 4 aromatic rings. The highest BCUT2D eigenvalue weighted by atomic mass is 16.2. The molecule has 1 aliphatic heterocycles. The van der Waals surface area contributed by atoms with Gasteiger partial charge in [0.15, 0.2) is 0 Å².